The number of primary amides is 1. The molecule has 0 aromatic heterocycles. The maximum Gasteiger partial charge on any atom is 0.254 e. The Bertz CT molecular complexity index is 1310. The molecule has 4 N–H and O–H groups in total. The summed E-state index contributed by atoms with van der Waals surface area (Å²) in [6, 6.07) is 13.0. The van der Waals surface area contributed by atoms with Crippen molar-refractivity contribution in [1.82, 2.24) is 4.90 Å². The first-order valence-corrected chi connectivity index (χ1v) is 12.9. The molecular weight excluding hydrogens is 593 g/mol. The van der Waals surface area contributed by atoms with E-state index >= 15 is 0 Å². The highest BCUT2D eigenvalue weighted by Crippen LogP contribution is 2.35. The number of nitrogens with two attached hydrogens (primary N) is 1. The quantitative estimate of drug-likeness (QED) is 0.274. The third kappa shape index (κ3) is 7.16. The Morgan fingerprint density at radius 2 is 1.84 bits per heavy atom. The van der Waals surface area contributed by atoms with Crippen molar-refractivity contribution >= 4 is 51.5 Å². The van der Waals surface area contributed by atoms with E-state index in [4.69, 9.17) is 10.5 Å². The first-order chi connectivity index (χ1) is 17.7. The second kappa shape index (κ2) is 11.9. The van der Waals surface area contributed by atoms with Crippen molar-refractivity contribution in [3.8, 4) is 11.5 Å². The average molecular weight is 620 g/mol. The number of benzene rings is 3. The summed E-state index contributed by atoms with van der Waals surface area (Å²) in [7, 11) is 0. The number of hydrogen-bond donors (Lipinski definition) is 3. The van der Waals surface area contributed by atoms with Crippen molar-refractivity contribution in [2.45, 2.75) is 19.8 Å². The Balaban J connectivity index is 1.53. The van der Waals surface area contributed by atoms with Crippen LogP contribution < -0.4 is 21.1 Å². The molecule has 4 rings (SSSR count). The number of piperidine rings is 1. The molecular formula is C27H27F2IN4O3. The maximum atomic E-state index is 14.5. The number of halogens is 3. The first kappa shape index (κ1) is 26.8. The largest absolute Gasteiger partial charge is 0.456 e. The lowest BCUT2D eigenvalue weighted by molar-refractivity contribution is -0.117. The molecule has 0 spiro atoms. The molecule has 0 aliphatic carbocycles. The zero-order chi connectivity index (χ0) is 26.5. The molecule has 194 valence electrons. The van der Waals surface area contributed by atoms with Gasteiger partial charge in [-0.1, -0.05) is 13.0 Å². The van der Waals surface area contributed by atoms with Gasteiger partial charge in [0, 0.05) is 21.4 Å². The van der Waals surface area contributed by atoms with Gasteiger partial charge in [-0.05, 0) is 90.8 Å². The molecule has 10 heteroatoms. The topological polar surface area (TPSA) is 96.7 Å². The van der Waals surface area contributed by atoms with Gasteiger partial charge in [0.1, 0.15) is 28.7 Å². The third-order valence-electron chi connectivity index (χ3n) is 6.10. The SMILES string of the molecule is CC1CCN(CC(=O)Nc2cccc(Oc3cc(F)cc(Nc4ccc(I)cc4F)c3C(N)=O)c2)CC1. The molecule has 1 aliphatic rings. The normalized spacial score (nSPS) is 14.3. The number of nitrogens with one attached hydrogen (secondary N) is 2. The van der Waals surface area contributed by atoms with Gasteiger partial charge in [-0.3, -0.25) is 14.5 Å². The lowest BCUT2D eigenvalue weighted by Gasteiger charge is -2.29. The number of rotatable bonds is 8. The number of amides is 2. The molecule has 2 amide bonds. The van der Waals surface area contributed by atoms with Gasteiger partial charge in [0.2, 0.25) is 5.91 Å². The fourth-order valence-corrected chi connectivity index (χ4v) is 4.59. The van der Waals surface area contributed by atoms with E-state index in [0.29, 0.717) is 15.2 Å². The summed E-state index contributed by atoms with van der Waals surface area (Å²) < 4.78 is 35.4. The summed E-state index contributed by atoms with van der Waals surface area (Å²) in [6.45, 7) is 4.27. The minimum absolute atomic E-state index is 0.0390. The van der Waals surface area contributed by atoms with E-state index in [9.17, 15) is 18.4 Å². The van der Waals surface area contributed by atoms with Crippen LogP contribution in [0.4, 0.5) is 25.8 Å². The number of ether oxygens (including phenoxy) is 1. The Hall–Kier alpha value is -3.25. The van der Waals surface area contributed by atoms with E-state index in [1.807, 2.05) is 22.6 Å². The van der Waals surface area contributed by atoms with Crippen LogP contribution in [0, 0.1) is 21.1 Å². The molecule has 0 saturated carbocycles. The van der Waals surface area contributed by atoms with Crippen LogP contribution in [0.3, 0.4) is 0 Å². The van der Waals surface area contributed by atoms with Crippen LogP contribution in [-0.2, 0) is 4.79 Å². The summed E-state index contributed by atoms with van der Waals surface area (Å²) in [5, 5.41) is 5.58. The second-order valence-corrected chi connectivity index (χ2v) is 10.3. The lowest BCUT2D eigenvalue weighted by Crippen LogP contribution is -2.38. The Labute approximate surface area is 227 Å². The van der Waals surface area contributed by atoms with Gasteiger partial charge in [0.05, 0.1) is 17.9 Å². The van der Waals surface area contributed by atoms with Gasteiger partial charge in [0.15, 0.2) is 0 Å². The fourth-order valence-electron chi connectivity index (χ4n) is 4.14. The molecule has 37 heavy (non-hydrogen) atoms. The van der Waals surface area contributed by atoms with Crippen LogP contribution in [0.2, 0.25) is 0 Å². The minimum Gasteiger partial charge on any atom is -0.456 e. The molecule has 3 aromatic carbocycles. The minimum atomic E-state index is -0.885. The number of likely N-dealkylation sites (tertiary alicyclic amines) is 1. The highest BCUT2D eigenvalue weighted by Gasteiger charge is 2.21. The standard InChI is InChI=1S/C27H27F2IN4O3/c1-16-7-9-34(10-8-16)15-25(35)32-19-3-2-4-20(14-19)37-24-12-17(28)11-23(26(24)27(31)36)33-22-6-5-18(30)13-21(22)29/h2-6,11-14,16,33H,7-10,15H2,1H3,(H2,31,36)(H,32,35). The van der Waals surface area contributed by atoms with Crippen LogP contribution >= 0.6 is 22.6 Å². The van der Waals surface area contributed by atoms with E-state index in [1.54, 1.807) is 30.3 Å². The van der Waals surface area contributed by atoms with Gasteiger partial charge in [0.25, 0.3) is 5.91 Å². The summed E-state index contributed by atoms with van der Waals surface area (Å²) in [6.07, 6.45) is 2.14. The molecule has 0 bridgehead atoms. The zero-order valence-corrected chi connectivity index (χ0v) is 22.3. The lowest BCUT2D eigenvalue weighted by atomic mass is 9.99. The van der Waals surface area contributed by atoms with E-state index < -0.39 is 17.5 Å². The van der Waals surface area contributed by atoms with Gasteiger partial charge in [-0.25, -0.2) is 8.78 Å². The molecule has 1 heterocycles. The number of carbonyl (C=O) groups is 2. The Kier molecular flexibility index (Phi) is 8.59. The maximum absolute atomic E-state index is 14.5. The van der Waals surface area contributed by atoms with Gasteiger partial charge >= 0.3 is 0 Å². The van der Waals surface area contributed by atoms with Crippen molar-refractivity contribution in [3.05, 3.63) is 75.4 Å². The van der Waals surface area contributed by atoms with E-state index in [0.717, 1.165) is 38.1 Å². The number of anilines is 3. The number of hydrogen-bond acceptors (Lipinski definition) is 5. The zero-order valence-electron chi connectivity index (χ0n) is 20.2. The summed E-state index contributed by atoms with van der Waals surface area (Å²) in [5.74, 6) is -1.54. The molecule has 1 fully saturated rings. The van der Waals surface area contributed by atoms with E-state index in [2.05, 4.69) is 22.5 Å². The second-order valence-electron chi connectivity index (χ2n) is 9.08. The molecule has 3 aromatic rings. The van der Waals surface area contributed by atoms with Crippen LogP contribution in [-0.4, -0.2) is 36.3 Å². The Morgan fingerprint density at radius 1 is 1.08 bits per heavy atom. The molecule has 1 aliphatic heterocycles. The van der Waals surface area contributed by atoms with Crippen LogP contribution in [0.25, 0.3) is 0 Å². The van der Waals surface area contributed by atoms with Gasteiger partial charge < -0.3 is 21.1 Å². The third-order valence-corrected chi connectivity index (χ3v) is 6.77. The molecule has 1 saturated heterocycles. The fraction of sp³-hybridized carbons (Fsp3) is 0.259. The van der Waals surface area contributed by atoms with Crippen molar-refractivity contribution in [3.63, 3.8) is 0 Å². The van der Waals surface area contributed by atoms with Crippen molar-refractivity contribution < 1.29 is 23.1 Å². The van der Waals surface area contributed by atoms with Crippen LogP contribution in [0.1, 0.15) is 30.1 Å². The van der Waals surface area contributed by atoms with Crippen LogP contribution in [0.15, 0.2) is 54.6 Å². The Morgan fingerprint density at radius 3 is 2.54 bits per heavy atom. The van der Waals surface area contributed by atoms with Crippen molar-refractivity contribution in [1.29, 1.82) is 0 Å². The first-order valence-electron chi connectivity index (χ1n) is 11.8. The summed E-state index contributed by atoms with van der Waals surface area (Å²) in [4.78, 5) is 27.0. The van der Waals surface area contributed by atoms with E-state index in [1.165, 1.54) is 12.1 Å². The van der Waals surface area contributed by atoms with Gasteiger partial charge in [-0.15, -0.1) is 0 Å². The highest BCUT2D eigenvalue weighted by atomic mass is 127. The van der Waals surface area contributed by atoms with Gasteiger partial charge in [-0.2, -0.15) is 0 Å². The monoisotopic (exact) mass is 620 g/mol. The molecule has 0 atom stereocenters. The smallest absolute Gasteiger partial charge is 0.254 e. The van der Waals surface area contributed by atoms with Crippen molar-refractivity contribution in [2.24, 2.45) is 11.7 Å². The molecule has 0 unspecified atom stereocenters. The summed E-state index contributed by atoms with van der Waals surface area (Å²) in [5.41, 5.74) is 5.94. The molecule has 0 radical (unpaired) electrons. The highest BCUT2D eigenvalue weighted by molar-refractivity contribution is 14.1. The number of carbonyl (C=O) groups excluding carboxylic acids is 2. The predicted octanol–water partition coefficient (Wildman–Crippen LogP) is 5.87. The average Bonchev–Trinajstić information content (AvgIpc) is 2.82. The summed E-state index contributed by atoms with van der Waals surface area (Å²) >= 11 is 1.97. The van der Waals surface area contributed by atoms with E-state index in [-0.39, 0.29) is 40.9 Å². The van der Waals surface area contributed by atoms with Crippen molar-refractivity contribution in [2.75, 3.05) is 30.3 Å². The van der Waals surface area contributed by atoms with Crippen LogP contribution in [0.5, 0.6) is 11.5 Å². The number of nitrogens with zero attached hydrogens (tertiary/aromatic N) is 1. The predicted molar refractivity (Wildman–Crippen MR) is 147 cm³/mol. The molecule has 7 nitrogen and oxygen atoms in total.